The largest absolute Gasteiger partial charge is 0.264 e. The minimum absolute atomic E-state index is 0.00260. The van der Waals surface area contributed by atoms with Crippen LogP contribution in [0.25, 0.3) is 0 Å². The van der Waals surface area contributed by atoms with Crippen molar-refractivity contribution in [1.82, 2.24) is 0 Å². The standard InChI is InChI=1S/C16H16BrNO2/c17-16(14-9-5-2-6-10-14)12-15(18(19)20)11-13-7-3-1-4-8-13/h1-10,15-16H,11-12H2. The van der Waals surface area contributed by atoms with Crippen molar-refractivity contribution in [2.75, 3.05) is 0 Å². The van der Waals surface area contributed by atoms with Crippen molar-refractivity contribution in [2.24, 2.45) is 0 Å². The number of hydrogen-bond acceptors (Lipinski definition) is 2. The Labute approximate surface area is 126 Å². The molecule has 20 heavy (non-hydrogen) atoms. The molecule has 0 aliphatic heterocycles. The summed E-state index contributed by atoms with van der Waals surface area (Å²) < 4.78 is 0. The van der Waals surface area contributed by atoms with Crippen LogP contribution in [0.4, 0.5) is 0 Å². The highest BCUT2D eigenvalue weighted by Crippen LogP contribution is 2.29. The van der Waals surface area contributed by atoms with E-state index in [2.05, 4.69) is 15.9 Å². The predicted octanol–water partition coefficient (Wildman–Crippen LogP) is 4.40. The zero-order chi connectivity index (χ0) is 14.4. The summed E-state index contributed by atoms with van der Waals surface area (Å²) in [6.45, 7) is 0. The zero-order valence-corrected chi connectivity index (χ0v) is 12.6. The third kappa shape index (κ3) is 4.17. The lowest BCUT2D eigenvalue weighted by Crippen LogP contribution is -2.23. The van der Waals surface area contributed by atoms with E-state index in [1.165, 1.54) is 0 Å². The molecule has 0 bridgehead atoms. The highest BCUT2D eigenvalue weighted by Gasteiger charge is 2.25. The molecule has 0 saturated carbocycles. The predicted molar refractivity (Wildman–Crippen MR) is 83.7 cm³/mol. The molecule has 0 aliphatic rings. The molecule has 0 spiro atoms. The van der Waals surface area contributed by atoms with Gasteiger partial charge in [-0.25, -0.2) is 0 Å². The van der Waals surface area contributed by atoms with Gasteiger partial charge in [-0.2, -0.15) is 0 Å². The Morgan fingerprint density at radius 1 is 1.00 bits per heavy atom. The second-order valence-corrected chi connectivity index (χ2v) is 5.85. The molecule has 4 heteroatoms. The van der Waals surface area contributed by atoms with E-state index in [1.807, 2.05) is 60.7 Å². The SMILES string of the molecule is O=[N+]([O-])C(Cc1ccccc1)CC(Br)c1ccccc1. The number of nitro groups is 1. The van der Waals surface area contributed by atoms with E-state index in [1.54, 1.807) is 0 Å². The molecule has 0 aromatic heterocycles. The molecule has 2 rings (SSSR count). The molecule has 0 N–H and O–H groups in total. The van der Waals surface area contributed by atoms with Gasteiger partial charge in [0.05, 0.1) is 0 Å². The maximum absolute atomic E-state index is 11.3. The van der Waals surface area contributed by atoms with Crippen molar-refractivity contribution in [3.05, 3.63) is 81.9 Å². The average Bonchev–Trinajstić information content (AvgIpc) is 2.48. The van der Waals surface area contributed by atoms with Crippen LogP contribution in [0.3, 0.4) is 0 Å². The molecule has 2 unspecified atom stereocenters. The van der Waals surface area contributed by atoms with Crippen molar-refractivity contribution in [2.45, 2.75) is 23.7 Å². The molecule has 2 atom stereocenters. The Balaban J connectivity index is 2.05. The van der Waals surface area contributed by atoms with Crippen LogP contribution in [-0.4, -0.2) is 11.0 Å². The first-order valence-electron chi connectivity index (χ1n) is 6.53. The molecular formula is C16H16BrNO2. The Morgan fingerprint density at radius 2 is 1.55 bits per heavy atom. The molecule has 0 fully saturated rings. The highest BCUT2D eigenvalue weighted by molar-refractivity contribution is 9.09. The summed E-state index contributed by atoms with van der Waals surface area (Å²) >= 11 is 3.56. The number of halogens is 1. The van der Waals surface area contributed by atoms with Crippen molar-refractivity contribution in [3.63, 3.8) is 0 Å². The number of alkyl halides is 1. The van der Waals surface area contributed by atoms with Gasteiger partial charge in [0.1, 0.15) is 0 Å². The Hall–Kier alpha value is -1.68. The first kappa shape index (κ1) is 14.7. The van der Waals surface area contributed by atoms with Crippen molar-refractivity contribution < 1.29 is 4.92 Å². The fraction of sp³-hybridized carbons (Fsp3) is 0.250. The van der Waals surface area contributed by atoms with E-state index in [4.69, 9.17) is 0 Å². The molecule has 0 radical (unpaired) electrons. The van der Waals surface area contributed by atoms with Crippen LogP contribution in [-0.2, 0) is 6.42 Å². The second-order valence-electron chi connectivity index (χ2n) is 4.74. The number of hydrogen-bond donors (Lipinski definition) is 0. The first-order valence-corrected chi connectivity index (χ1v) is 7.45. The Morgan fingerprint density at radius 3 is 2.10 bits per heavy atom. The van der Waals surface area contributed by atoms with Crippen molar-refractivity contribution in [1.29, 1.82) is 0 Å². The number of benzene rings is 2. The topological polar surface area (TPSA) is 43.1 Å². The smallest absolute Gasteiger partial charge is 0.218 e. The lowest BCUT2D eigenvalue weighted by Gasteiger charge is -2.14. The lowest BCUT2D eigenvalue weighted by atomic mass is 9.99. The fourth-order valence-electron chi connectivity index (χ4n) is 2.17. The van der Waals surface area contributed by atoms with E-state index >= 15 is 0 Å². The van der Waals surface area contributed by atoms with Crippen molar-refractivity contribution in [3.8, 4) is 0 Å². The molecule has 0 saturated heterocycles. The van der Waals surface area contributed by atoms with Crippen molar-refractivity contribution >= 4 is 15.9 Å². The summed E-state index contributed by atoms with van der Waals surface area (Å²) in [6, 6.07) is 18.8. The van der Waals surface area contributed by atoms with Crippen LogP contribution in [0, 0.1) is 10.1 Å². The van der Waals surface area contributed by atoms with E-state index in [9.17, 15) is 10.1 Å². The lowest BCUT2D eigenvalue weighted by molar-refractivity contribution is -0.523. The van der Waals surface area contributed by atoms with Gasteiger partial charge >= 0.3 is 0 Å². The van der Waals surface area contributed by atoms with Crippen LogP contribution in [0.5, 0.6) is 0 Å². The van der Waals surface area contributed by atoms with Crippen LogP contribution in [0.1, 0.15) is 22.4 Å². The van der Waals surface area contributed by atoms with Gasteiger partial charge in [0.25, 0.3) is 0 Å². The maximum atomic E-state index is 11.3. The van der Waals surface area contributed by atoms with Gasteiger partial charge in [-0.05, 0) is 11.1 Å². The van der Waals surface area contributed by atoms with Crippen LogP contribution < -0.4 is 0 Å². The van der Waals surface area contributed by atoms with Gasteiger partial charge in [-0.15, -0.1) is 0 Å². The van der Waals surface area contributed by atoms with Crippen LogP contribution in [0.2, 0.25) is 0 Å². The van der Waals surface area contributed by atoms with Gasteiger partial charge in [0.15, 0.2) is 0 Å². The van der Waals surface area contributed by atoms with Gasteiger partial charge in [0, 0.05) is 22.6 Å². The maximum Gasteiger partial charge on any atom is 0.218 e. The average molecular weight is 334 g/mol. The quantitative estimate of drug-likeness (QED) is 0.446. The molecule has 104 valence electrons. The summed E-state index contributed by atoms with van der Waals surface area (Å²) in [7, 11) is 0. The third-order valence-corrected chi connectivity index (χ3v) is 4.16. The highest BCUT2D eigenvalue weighted by atomic mass is 79.9. The summed E-state index contributed by atoms with van der Waals surface area (Å²) in [5.74, 6) is 0. The Bertz CT molecular complexity index is 545. The Kier molecular flexibility index (Phi) is 5.30. The summed E-state index contributed by atoms with van der Waals surface area (Å²) in [5, 5.41) is 11.3. The summed E-state index contributed by atoms with van der Waals surface area (Å²) in [5.41, 5.74) is 2.08. The number of nitrogens with zero attached hydrogens (tertiary/aromatic N) is 1. The normalized spacial score (nSPS) is 13.7. The zero-order valence-electron chi connectivity index (χ0n) is 11.0. The fourth-order valence-corrected chi connectivity index (χ4v) is 2.90. The molecular weight excluding hydrogens is 318 g/mol. The van der Waals surface area contributed by atoms with Crippen LogP contribution >= 0.6 is 15.9 Å². The summed E-state index contributed by atoms with van der Waals surface area (Å²) in [6.07, 6.45) is 0.939. The monoisotopic (exact) mass is 333 g/mol. The molecule has 0 aliphatic carbocycles. The molecule has 0 heterocycles. The van der Waals surface area contributed by atoms with E-state index < -0.39 is 6.04 Å². The van der Waals surface area contributed by atoms with Crippen LogP contribution in [0.15, 0.2) is 60.7 Å². The van der Waals surface area contributed by atoms with E-state index in [-0.39, 0.29) is 9.75 Å². The first-order chi connectivity index (χ1) is 9.66. The number of rotatable bonds is 6. The molecule has 3 nitrogen and oxygen atoms in total. The molecule has 2 aromatic rings. The molecule has 2 aromatic carbocycles. The second kappa shape index (κ2) is 7.20. The van der Waals surface area contributed by atoms with Gasteiger partial charge in [-0.1, -0.05) is 76.6 Å². The minimum atomic E-state index is -0.581. The van der Waals surface area contributed by atoms with Gasteiger partial charge < -0.3 is 0 Å². The van der Waals surface area contributed by atoms with E-state index in [0.717, 1.165) is 11.1 Å². The molecule has 0 amide bonds. The van der Waals surface area contributed by atoms with E-state index in [0.29, 0.717) is 12.8 Å². The summed E-state index contributed by atoms with van der Waals surface area (Å²) in [4.78, 5) is 11.1. The van der Waals surface area contributed by atoms with Gasteiger partial charge in [0.2, 0.25) is 6.04 Å². The van der Waals surface area contributed by atoms with Gasteiger partial charge in [-0.3, -0.25) is 10.1 Å². The minimum Gasteiger partial charge on any atom is -0.264 e. The third-order valence-electron chi connectivity index (χ3n) is 3.25.